The van der Waals surface area contributed by atoms with Crippen molar-refractivity contribution >= 4 is 11.7 Å². The summed E-state index contributed by atoms with van der Waals surface area (Å²) in [5, 5.41) is 9.36. The minimum Gasteiger partial charge on any atom is -0.493 e. The van der Waals surface area contributed by atoms with E-state index in [1.54, 1.807) is 13.2 Å². The van der Waals surface area contributed by atoms with Gasteiger partial charge in [0, 0.05) is 25.2 Å². The summed E-state index contributed by atoms with van der Waals surface area (Å²) in [5.74, 6) is 0.0651. The van der Waals surface area contributed by atoms with Gasteiger partial charge in [-0.25, -0.2) is 4.79 Å². The molecule has 1 heterocycles. The second-order valence-corrected chi connectivity index (χ2v) is 4.58. The number of methoxy groups -OCH3 is 2. The van der Waals surface area contributed by atoms with Crippen molar-refractivity contribution in [2.45, 2.75) is 19.3 Å². The number of carboxylic acid groups (broad SMARTS) is 1. The number of anilines is 1. The predicted molar refractivity (Wildman–Crippen MR) is 72.6 cm³/mol. The summed E-state index contributed by atoms with van der Waals surface area (Å²) in [5.41, 5.74) is 0.976. The summed E-state index contributed by atoms with van der Waals surface area (Å²) >= 11 is 0. The SMILES string of the molecule is COc1cc(C(=O)O)c(N2CCCCC2)cc1OC. The molecule has 0 aromatic heterocycles. The van der Waals surface area contributed by atoms with Crippen molar-refractivity contribution in [1.29, 1.82) is 0 Å². The predicted octanol–water partition coefficient (Wildman–Crippen LogP) is 2.39. The van der Waals surface area contributed by atoms with Gasteiger partial charge in [-0.3, -0.25) is 0 Å². The summed E-state index contributed by atoms with van der Waals surface area (Å²) in [4.78, 5) is 13.5. The van der Waals surface area contributed by atoms with E-state index in [-0.39, 0.29) is 5.56 Å². The number of hydrogen-bond acceptors (Lipinski definition) is 4. The molecule has 0 amide bonds. The summed E-state index contributed by atoms with van der Waals surface area (Å²) < 4.78 is 10.4. The molecule has 2 rings (SSSR count). The van der Waals surface area contributed by atoms with Gasteiger partial charge in [-0.1, -0.05) is 0 Å². The highest BCUT2D eigenvalue weighted by Crippen LogP contribution is 2.36. The van der Waals surface area contributed by atoms with Crippen LogP contribution in [-0.4, -0.2) is 38.4 Å². The Kier molecular flexibility index (Phi) is 4.14. The highest BCUT2D eigenvalue weighted by atomic mass is 16.5. The molecule has 1 aromatic carbocycles. The quantitative estimate of drug-likeness (QED) is 0.905. The zero-order chi connectivity index (χ0) is 13.8. The second kappa shape index (κ2) is 5.82. The Hall–Kier alpha value is -1.91. The van der Waals surface area contributed by atoms with E-state index in [9.17, 15) is 9.90 Å². The molecule has 0 radical (unpaired) electrons. The fourth-order valence-electron chi connectivity index (χ4n) is 2.44. The smallest absolute Gasteiger partial charge is 0.337 e. The molecule has 1 aliphatic rings. The van der Waals surface area contributed by atoms with Crippen LogP contribution in [-0.2, 0) is 0 Å². The van der Waals surface area contributed by atoms with Crippen molar-refractivity contribution in [3.8, 4) is 11.5 Å². The Morgan fingerprint density at radius 3 is 2.21 bits per heavy atom. The van der Waals surface area contributed by atoms with Gasteiger partial charge in [-0.05, 0) is 19.3 Å². The van der Waals surface area contributed by atoms with E-state index in [2.05, 4.69) is 4.90 Å². The third-order valence-electron chi connectivity index (χ3n) is 3.43. The Bertz CT molecular complexity index is 467. The molecule has 1 aliphatic heterocycles. The highest BCUT2D eigenvalue weighted by Gasteiger charge is 2.21. The highest BCUT2D eigenvalue weighted by molar-refractivity contribution is 5.95. The summed E-state index contributed by atoms with van der Waals surface area (Å²) in [6.07, 6.45) is 3.38. The van der Waals surface area contributed by atoms with Gasteiger partial charge in [0.1, 0.15) is 0 Å². The molecule has 1 saturated heterocycles. The first-order chi connectivity index (χ1) is 9.17. The van der Waals surface area contributed by atoms with Crippen molar-refractivity contribution in [1.82, 2.24) is 0 Å². The van der Waals surface area contributed by atoms with Gasteiger partial charge in [0.05, 0.1) is 25.5 Å². The molecule has 1 fully saturated rings. The Balaban J connectivity index is 2.46. The molecule has 0 aliphatic carbocycles. The lowest BCUT2D eigenvalue weighted by Gasteiger charge is -2.30. The molecule has 0 bridgehead atoms. The van der Waals surface area contributed by atoms with Crippen molar-refractivity contribution in [3.05, 3.63) is 17.7 Å². The fraction of sp³-hybridized carbons (Fsp3) is 0.500. The van der Waals surface area contributed by atoms with Gasteiger partial charge in [0.15, 0.2) is 11.5 Å². The van der Waals surface area contributed by atoms with Crippen LogP contribution >= 0.6 is 0 Å². The molecule has 5 heteroatoms. The first kappa shape index (κ1) is 13.5. The number of aromatic carboxylic acids is 1. The summed E-state index contributed by atoms with van der Waals surface area (Å²) in [7, 11) is 3.06. The number of piperidine rings is 1. The lowest BCUT2D eigenvalue weighted by atomic mass is 10.1. The average molecular weight is 265 g/mol. The Morgan fingerprint density at radius 1 is 1.11 bits per heavy atom. The van der Waals surface area contributed by atoms with Gasteiger partial charge in [-0.15, -0.1) is 0 Å². The van der Waals surface area contributed by atoms with Gasteiger partial charge in [-0.2, -0.15) is 0 Å². The van der Waals surface area contributed by atoms with Crippen molar-refractivity contribution in [2.75, 3.05) is 32.2 Å². The van der Waals surface area contributed by atoms with E-state index in [1.165, 1.54) is 19.6 Å². The number of nitrogens with zero attached hydrogens (tertiary/aromatic N) is 1. The van der Waals surface area contributed by atoms with Gasteiger partial charge >= 0.3 is 5.97 Å². The number of ether oxygens (including phenoxy) is 2. The van der Waals surface area contributed by atoms with Crippen LogP contribution in [0.15, 0.2) is 12.1 Å². The standard InChI is InChI=1S/C14H19NO4/c1-18-12-8-10(14(16)17)11(9-13(12)19-2)15-6-4-3-5-7-15/h8-9H,3-7H2,1-2H3,(H,16,17). The van der Waals surface area contributed by atoms with E-state index in [0.29, 0.717) is 17.2 Å². The Labute approximate surface area is 112 Å². The minimum atomic E-state index is -0.943. The van der Waals surface area contributed by atoms with Crippen molar-refractivity contribution < 1.29 is 19.4 Å². The maximum absolute atomic E-state index is 11.4. The zero-order valence-electron chi connectivity index (χ0n) is 11.3. The van der Waals surface area contributed by atoms with Crippen LogP contribution in [0.1, 0.15) is 29.6 Å². The topological polar surface area (TPSA) is 59.0 Å². The molecule has 1 aromatic rings. The van der Waals surface area contributed by atoms with E-state index < -0.39 is 5.97 Å². The van der Waals surface area contributed by atoms with Crippen LogP contribution in [0.25, 0.3) is 0 Å². The Morgan fingerprint density at radius 2 is 1.68 bits per heavy atom. The molecule has 0 saturated carbocycles. The molecule has 0 spiro atoms. The molecule has 104 valence electrons. The van der Waals surface area contributed by atoms with Gasteiger partial charge in [0.25, 0.3) is 0 Å². The van der Waals surface area contributed by atoms with Gasteiger partial charge in [0.2, 0.25) is 0 Å². The minimum absolute atomic E-state index is 0.263. The van der Waals surface area contributed by atoms with Gasteiger partial charge < -0.3 is 19.5 Å². The number of hydrogen-bond donors (Lipinski definition) is 1. The van der Waals surface area contributed by atoms with Crippen LogP contribution in [0.3, 0.4) is 0 Å². The lowest BCUT2D eigenvalue weighted by molar-refractivity contribution is 0.0697. The van der Waals surface area contributed by atoms with E-state index in [1.807, 2.05) is 0 Å². The molecule has 0 atom stereocenters. The van der Waals surface area contributed by atoms with Crippen LogP contribution < -0.4 is 14.4 Å². The normalized spacial score (nSPS) is 15.2. The molecule has 1 N–H and O–H groups in total. The monoisotopic (exact) mass is 265 g/mol. The third kappa shape index (κ3) is 2.75. The molecule has 19 heavy (non-hydrogen) atoms. The third-order valence-corrected chi connectivity index (χ3v) is 3.43. The summed E-state index contributed by atoms with van der Waals surface area (Å²) in [6.45, 7) is 1.77. The van der Waals surface area contributed by atoms with Crippen molar-refractivity contribution in [3.63, 3.8) is 0 Å². The molecular weight excluding hydrogens is 246 g/mol. The number of carbonyl (C=O) groups is 1. The van der Waals surface area contributed by atoms with Crippen LogP contribution in [0.4, 0.5) is 5.69 Å². The van der Waals surface area contributed by atoms with Crippen LogP contribution in [0.2, 0.25) is 0 Å². The zero-order valence-corrected chi connectivity index (χ0v) is 11.3. The summed E-state index contributed by atoms with van der Waals surface area (Å²) in [6, 6.07) is 3.29. The number of rotatable bonds is 4. The van der Waals surface area contributed by atoms with Crippen LogP contribution in [0, 0.1) is 0 Å². The largest absolute Gasteiger partial charge is 0.493 e. The molecule has 5 nitrogen and oxygen atoms in total. The second-order valence-electron chi connectivity index (χ2n) is 4.58. The maximum Gasteiger partial charge on any atom is 0.337 e. The van der Waals surface area contributed by atoms with Crippen LogP contribution in [0.5, 0.6) is 11.5 Å². The van der Waals surface area contributed by atoms with E-state index in [0.717, 1.165) is 25.9 Å². The number of carboxylic acids is 1. The first-order valence-electron chi connectivity index (χ1n) is 6.41. The molecular formula is C14H19NO4. The lowest BCUT2D eigenvalue weighted by Crippen LogP contribution is -2.30. The van der Waals surface area contributed by atoms with Crippen molar-refractivity contribution in [2.24, 2.45) is 0 Å². The maximum atomic E-state index is 11.4. The van der Waals surface area contributed by atoms with E-state index >= 15 is 0 Å². The van der Waals surface area contributed by atoms with E-state index in [4.69, 9.17) is 9.47 Å². The number of benzene rings is 1. The molecule has 0 unspecified atom stereocenters. The first-order valence-corrected chi connectivity index (χ1v) is 6.41. The average Bonchev–Trinajstić information content (AvgIpc) is 2.46. The fourth-order valence-corrected chi connectivity index (χ4v) is 2.44.